The third-order valence-electron chi connectivity index (χ3n) is 3.05. The minimum absolute atomic E-state index is 0.276. The zero-order valence-electron chi connectivity index (χ0n) is 11.4. The Morgan fingerprint density at radius 3 is 1.65 bits per heavy atom. The van der Waals surface area contributed by atoms with E-state index in [0.717, 1.165) is 11.1 Å². The first-order valence-electron chi connectivity index (χ1n) is 6.53. The average molecular weight is 265 g/mol. The zero-order chi connectivity index (χ0) is 14.4. The smallest absolute Gasteiger partial charge is 0.144 e. The summed E-state index contributed by atoms with van der Waals surface area (Å²) in [5.41, 5.74) is 8.27. The van der Waals surface area contributed by atoms with Gasteiger partial charge in [-0.25, -0.2) is 0 Å². The van der Waals surface area contributed by atoms with E-state index in [2.05, 4.69) is 6.58 Å². The second-order valence-corrected chi connectivity index (χ2v) is 4.70. The molecule has 20 heavy (non-hydrogen) atoms. The molecule has 3 heteroatoms. The monoisotopic (exact) mass is 265 g/mol. The summed E-state index contributed by atoms with van der Waals surface area (Å²) in [4.78, 5) is 1.92. The summed E-state index contributed by atoms with van der Waals surface area (Å²) < 4.78 is 0. The van der Waals surface area contributed by atoms with Crippen LogP contribution in [0.5, 0.6) is 0 Å². The molecule has 0 unspecified atom stereocenters. The van der Waals surface area contributed by atoms with Gasteiger partial charge in [-0.15, -0.1) is 0 Å². The first-order valence-corrected chi connectivity index (χ1v) is 6.53. The van der Waals surface area contributed by atoms with Crippen LogP contribution in [0.2, 0.25) is 0 Å². The fourth-order valence-corrected chi connectivity index (χ4v) is 2.02. The summed E-state index contributed by atoms with van der Waals surface area (Å²) in [5.74, 6) is 0.276. The van der Waals surface area contributed by atoms with Crippen molar-refractivity contribution in [3.63, 3.8) is 0 Å². The van der Waals surface area contributed by atoms with Gasteiger partial charge in [0.1, 0.15) is 5.84 Å². The van der Waals surface area contributed by atoms with Gasteiger partial charge in [0.2, 0.25) is 0 Å². The summed E-state index contributed by atoms with van der Waals surface area (Å²) in [5, 5.41) is 8.10. The Morgan fingerprint density at radius 2 is 1.30 bits per heavy atom. The van der Waals surface area contributed by atoms with E-state index in [9.17, 15) is 0 Å². The quantitative estimate of drug-likeness (QED) is 0.644. The third kappa shape index (κ3) is 3.72. The first-order chi connectivity index (χ1) is 9.66. The van der Waals surface area contributed by atoms with Crippen LogP contribution in [0, 0.1) is 5.41 Å². The van der Waals surface area contributed by atoms with Crippen LogP contribution in [0.25, 0.3) is 0 Å². The van der Waals surface area contributed by atoms with E-state index in [1.54, 1.807) is 0 Å². The standard InChI is InChI=1S/C17H19N3/c1-14(18)17(19)20(12-15-8-4-2-5-9-15)13-16-10-6-3-7-11-16/h2-11,19H,1,12-13,18H2. The largest absolute Gasteiger partial charge is 0.396 e. The molecule has 0 heterocycles. The Labute approximate surface area is 119 Å². The lowest BCUT2D eigenvalue weighted by molar-refractivity contribution is 0.403. The fraction of sp³-hybridized carbons (Fsp3) is 0.118. The molecule has 0 aromatic heterocycles. The molecular formula is C17H19N3. The minimum atomic E-state index is 0.276. The van der Waals surface area contributed by atoms with Crippen LogP contribution in [-0.2, 0) is 13.1 Å². The van der Waals surface area contributed by atoms with Crippen LogP contribution in [0.15, 0.2) is 72.9 Å². The highest BCUT2D eigenvalue weighted by Gasteiger charge is 2.12. The van der Waals surface area contributed by atoms with Gasteiger partial charge in [-0.1, -0.05) is 67.2 Å². The van der Waals surface area contributed by atoms with Crippen LogP contribution in [0.3, 0.4) is 0 Å². The van der Waals surface area contributed by atoms with Crippen molar-refractivity contribution in [1.29, 1.82) is 5.41 Å². The lowest BCUT2D eigenvalue weighted by atomic mass is 10.1. The van der Waals surface area contributed by atoms with E-state index in [0.29, 0.717) is 13.1 Å². The number of benzene rings is 2. The molecule has 0 spiro atoms. The predicted molar refractivity (Wildman–Crippen MR) is 83.2 cm³/mol. The lowest BCUT2D eigenvalue weighted by Gasteiger charge is -2.25. The Hall–Kier alpha value is -2.55. The van der Waals surface area contributed by atoms with Gasteiger partial charge >= 0.3 is 0 Å². The minimum Gasteiger partial charge on any atom is -0.396 e. The molecule has 0 saturated heterocycles. The number of nitrogens with zero attached hydrogens (tertiary/aromatic N) is 1. The van der Waals surface area contributed by atoms with E-state index in [1.165, 1.54) is 0 Å². The Morgan fingerprint density at radius 1 is 0.900 bits per heavy atom. The average Bonchev–Trinajstić information content (AvgIpc) is 2.48. The summed E-state index contributed by atoms with van der Waals surface area (Å²) in [7, 11) is 0. The van der Waals surface area contributed by atoms with Crippen LogP contribution in [-0.4, -0.2) is 10.7 Å². The second kappa shape index (κ2) is 6.57. The van der Waals surface area contributed by atoms with E-state index < -0.39 is 0 Å². The van der Waals surface area contributed by atoms with Gasteiger partial charge in [-0.2, -0.15) is 0 Å². The Bertz CT molecular complexity index is 534. The van der Waals surface area contributed by atoms with Gasteiger partial charge in [0, 0.05) is 13.1 Å². The lowest BCUT2D eigenvalue weighted by Crippen LogP contribution is -2.32. The molecule has 0 saturated carbocycles. The molecular weight excluding hydrogens is 246 g/mol. The summed E-state index contributed by atoms with van der Waals surface area (Å²) in [6.07, 6.45) is 0. The maximum absolute atomic E-state index is 8.10. The molecule has 3 nitrogen and oxygen atoms in total. The third-order valence-corrected chi connectivity index (χ3v) is 3.05. The van der Waals surface area contributed by atoms with Crippen molar-refractivity contribution in [1.82, 2.24) is 4.90 Å². The van der Waals surface area contributed by atoms with Crippen LogP contribution >= 0.6 is 0 Å². The van der Waals surface area contributed by atoms with Crippen molar-refractivity contribution in [3.8, 4) is 0 Å². The van der Waals surface area contributed by atoms with Crippen molar-refractivity contribution in [2.75, 3.05) is 0 Å². The van der Waals surface area contributed by atoms with E-state index in [1.807, 2.05) is 65.6 Å². The predicted octanol–water partition coefficient (Wildman–Crippen LogP) is 3.14. The number of nitrogens with two attached hydrogens (primary N) is 1. The van der Waals surface area contributed by atoms with E-state index in [4.69, 9.17) is 11.1 Å². The van der Waals surface area contributed by atoms with Crippen molar-refractivity contribution < 1.29 is 0 Å². The maximum Gasteiger partial charge on any atom is 0.144 e. The molecule has 0 bridgehead atoms. The molecule has 2 aromatic carbocycles. The number of rotatable bonds is 5. The van der Waals surface area contributed by atoms with Crippen molar-refractivity contribution in [3.05, 3.63) is 84.1 Å². The molecule has 0 fully saturated rings. The number of hydrogen-bond donors (Lipinski definition) is 2. The van der Waals surface area contributed by atoms with Gasteiger partial charge < -0.3 is 10.6 Å². The van der Waals surface area contributed by atoms with Crippen molar-refractivity contribution in [2.45, 2.75) is 13.1 Å². The molecule has 0 amide bonds. The number of hydrogen-bond acceptors (Lipinski definition) is 2. The topological polar surface area (TPSA) is 53.1 Å². The molecule has 2 aromatic rings. The number of amidine groups is 1. The molecule has 0 aliphatic heterocycles. The molecule has 0 aliphatic rings. The van der Waals surface area contributed by atoms with Gasteiger partial charge in [-0.3, -0.25) is 5.41 Å². The first kappa shape index (κ1) is 13.9. The van der Waals surface area contributed by atoms with Gasteiger partial charge in [0.25, 0.3) is 0 Å². The fourth-order valence-electron chi connectivity index (χ4n) is 2.02. The zero-order valence-corrected chi connectivity index (χ0v) is 11.4. The highest BCUT2D eigenvalue weighted by Crippen LogP contribution is 2.11. The van der Waals surface area contributed by atoms with Crippen molar-refractivity contribution >= 4 is 5.84 Å². The van der Waals surface area contributed by atoms with Crippen LogP contribution in [0.4, 0.5) is 0 Å². The van der Waals surface area contributed by atoms with Crippen LogP contribution in [0.1, 0.15) is 11.1 Å². The summed E-state index contributed by atoms with van der Waals surface area (Å²) in [6.45, 7) is 4.96. The molecule has 0 aliphatic carbocycles. The highest BCUT2D eigenvalue weighted by molar-refractivity contribution is 5.94. The SMILES string of the molecule is C=C(N)C(=N)N(Cc1ccccc1)Cc1ccccc1. The summed E-state index contributed by atoms with van der Waals surface area (Å²) >= 11 is 0. The normalized spacial score (nSPS) is 10.0. The van der Waals surface area contributed by atoms with Crippen molar-refractivity contribution in [2.24, 2.45) is 5.73 Å². The molecule has 2 rings (SSSR count). The second-order valence-electron chi connectivity index (χ2n) is 4.70. The summed E-state index contributed by atoms with van der Waals surface area (Å²) in [6, 6.07) is 20.1. The van der Waals surface area contributed by atoms with Crippen LogP contribution < -0.4 is 5.73 Å². The van der Waals surface area contributed by atoms with Gasteiger partial charge in [0.15, 0.2) is 0 Å². The highest BCUT2D eigenvalue weighted by atomic mass is 15.2. The Kier molecular flexibility index (Phi) is 4.56. The van der Waals surface area contributed by atoms with E-state index >= 15 is 0 Å². The van der Waals surface area contributed by atoms with Gasteiger partial charge in [-0.05, 0) is 11.1 Å². The molecule has 0 radical (unpaired) electrons. The Balaban J connectivity index is 2.17. The molecule has 0 atom stereocenters. The maximum atomic E-state index is 8.10. The van der Waals surface area contributed by atoms with Gasteiger partial charge in [0.05, 0.1) is 5.70 Å². The number of nitrogens with one attached hydrogen (secondary N) is 1. The molecule has 102 valence electrons. The van der Waals surface area contributed by atoms with E-state index in [-0.39, 0.29) is 11.5 Å². The molecule has 3 N–H and O–H groups in total.